The minimum Gasteiger partial charge on any atom is -0.147 e. The summed E-state index contributed by atoms with van der Waals surface area (Å²) >= 11 is -2.53. The van der Waals surface area contributed by atoms with E-state index in [-0.39, 0.29) is 24.8 Å². The maximum atomic E-state index is 4.33. The largest absolute Gasteiger partial charge is 0.147 e. The molecule has 2 aliphatic carbocycles. The standard InChI is InChI=1S/2C9H7.C2H3.2ClH.H3Si.Zr/c2*1-2-5-9-7-3-6-8(9)4-1;1-2;;;;/h2*1-7H;1H,2H2;2*1H;1H3;. The van der Waals surface area contributed by atoms with Crippen LogP contribution in [0.15, 0.2) is 71.0 Å². The molecule has 2 atom stereocenters. The first-order chi connectivity index (χ1) is 10.7. The first-order valence-electron chi connectivity index (χ1n) is 7.92. The topological polar surface area (TPSA) is 0 Å². The van der Waals surface area contributed by atoms with Crippen LogP contribution in [0.1, 0.15) is 29.5 Å². The summed E-state index contributed by atoms with van der Waals surface area (Å²) in [6.45, 7) is 4.33. The summed E-state index contributed by atoms with van der Waals surface area (Å²) in [5.74, 6) is 0. The molecule has 0 spiro atoms. The summed E-state index contributed by atoms with van der Waals surface area (Å²) in [5.41, 5.74) is 5.93. The van der Waals surface area contributed by atoms with Gasteiger partial charge in [0.25, 0.3) is 0 Å². The third kappa shape index (κ3) is 2.99. The van der Waals surface area contributed by atoms with E-state index in [1.54, 1.807) is 11.1 Å². The van der Waals surface area contributed by atoms with Crippen LogP contribution in [-0.4, -0.2) is 7.37 Å². The summed E-state index contributed by atoms with van der Waals surface area (Å²) in [7, 11) is 1.28. The smallest absolute Gasteiger partial charge is 0.147 e. The molecular weight excluding hydrogens is 430 g/mol. The van der Waals surface area contributed by atoms with Crippen LogP contribution in [0.5, 0.6) is 0 Å². The molecule has 24 heavy (non-hydrogen) atoms. The van der Waals surface area contributed by atoms with E-state index in [0.29, 0.717) is 7.25 Å². The van der Waals surface area contributed by atoms with Gasteiger partial charge in [0.05, 0.1) is 0 Å². The zero-order valence-electron chi connectivity index (χ0n) is 13.7. The Morgan fingerprint density at radius 2 is 1.21 bits per heavy atom. The summed E-state index contributed by atoms with van der Waals surface area (Å²) in [6.07, 6.45) is 9.61. The average molecular weight is 453 g/mol. The predicted octanol–water partition coefficient (Wildman–Crippen LogP) is 4.94. The van der Waals surface area contributed by atoms with E-state index in [1.165, 1.54) is 18.5 Å². The molecule has 2 aromatic carbocycles. The van der Waals surface area contributed by atoms with Gasteiger partial charge in [0.15, 0.2) is 0 Å². The molecule has 4 heteroatoms. The zero-order valence-corrected chi connectivity index (χ0v) is 19.8. The minimum absolute atomic E-state index is 0. The maximum absolute atomic E-state index is 4.33. The molecule has 0 aliphatic heterocycles. The van der Waals surface area contributed by atoms with Crippen molar-refractivity contribution in [2.75, 3.05) is 0 Å². The molecule has 2 unspecified atom stereocenters. The van der Waals surface area contributed by atoms with Crippen LogP contribution in [-0.2, 0) is 19.4 Å². The number of benzene rings is 2. The Kier molecular flexibility index (Phi) is 6.31. The van der Waals surface area contributed by atoms with Crippen molar-refractivity contribution in [3.8, 4) is 0 Å². The van der Waals surface area contributed by atoms with Crippen molar-refractivity contribution < 1.29 is 19.4 Å². The van der Waals surface area contributed by atoms with Gasteiger partial charge in [-0.05, 0) is 0 Å². The van der Waals surface area contributed by atoms with Gasteiger partial charge in [0.2, 0.25) is 0 Å². The number of halogens is 2. The van der Waals surface area contributed by atoms with Gasteiger partial charge in [-0.2, -0.15) is 0 Å². The van der Waals surface area contributed by atoms with Gasteiger partial charge in [-0.1, -0.05) is 0 Å². The third-order valence-electron chi connectivity index (χ3n) is 5.38. The fourth-order valence-electron chi connectivity index (χ4n) is 4.03. The molecular formula is C20H22Cl2SiZr. The van der Waals surface area contributed by atoms with Crippen molar-refractivity contribution in [2.24, 2.45) is 0 Å². The van der Waals surface area contributed by atoms with Crippen molar-refractivity contribution in [3.05, 3.63) is 93.3 Å². The Hall–Kier alpha value is -0.660. The zero-order chi connectivity index (χ0) is 15.2. The SMILES string of the molecule is C=[CH][Zr]([SiH3])([CH]1C=Cc2ccccc21)[CH]1C=Cc2ccccc21.Cl.Cl. The fraction of sp³-hybridized carbons (Fsp3) is 0.100. The number of rotatable bonds is 3. The quantitative estimate of drug-likeness (QED) is 0.579. The van der Waals surface area contributed by atoms with Crippen LogP contribution >= 0.6 is 24.8 Å². The van der Waals surface area contributed by atoms with Crippen molar-refractivity contribution in [3.63, 3.8) is 0 Å². The third-order valence-corrected chi connectivity index (χ3v) is 26.4. The first kappa shape index (κ1) is 19.7. The van der Waals surface area contributed by atoms with Crippen molar-refractivity contribution >= 4 is 44.3 Å². The molecule has 0 saturated heterocycles. The normalized spacial score (nSPS) is 22.0. The molecule has 0 saturated carbocycles. The molecule has 0 heterocycles. The second-order valence-electron chi connectivity index (χ2n) is 6.50. The molecule has 0 fully saturated rings. The molecule has 2 aliphatic rings. The van der Waals surface area contributed by atoms with Crippen molar-refractivity contribution in [2.45, 2.75) is 7.25 Å². The predicted molar refractivity (Wildman–Crippen MR) is 111 cm³/mol. The number of allylic oxidation sites excluding steroid dienone is 2. The van der Waals surface area contributed by atoms with Gasteiger partial charge in [-0.15, -0.1) is 24.8 Å². The molecule has 0 bridgehead atoms. The molecule has 0 N–H and O–H groups in total. The van der Waals surface area contributed by atoms with E-state index in [0.717, 1.165) is 0 Å². The van der Waals surface area contributed by atoms with Crippen LogP contribution in [0.25, 0.3) is 12.2 Å². The van der Waals surface area contributed by atoms with E-state index in [1.807, 2.05) is 0 Å². The number of fused-ring (bicyclic) bond motifs is 2. The molecule has 0 aromatic heterocycles. The van der Waals surface area contributed by atoms with Crippen LogP contribution in [0.2, 0.25) is 0 Å². The van der Waals surface area contributed by atoms with Gasteiger partial charge in [0, 0.05) is 0 Å². The van der Waals surface area contributed by atoms with Crippen LogP contribution in [0.3, 0.4) is 0 Å². The summed E-state index contributed by atoms with van der Waals surface area (Å²) in [6, 6.07) is 17.8. The van der Waals surface area contributed by atoms with E-state index in [2.05, 4.69) is 83.2 Å². The van der Waals surface area contributed by atoms with E-state index >= 15 is 0 Å². The maximum Gasteiger partial charge on any atom is -0.147 e. The Morgan fingerprint density at radius 3 is 1.62 bits per heavy atom. The molecule has 4 rings (SSSR count). The Labute approximate surface area is 163 Å². The molecule has 0 radical (unpaired) electrons. The summed E-state index contributed by atoms with van der Waals surface area (Å²) in [4.78, 5) is 0. The monoisotopic (exact) mass is 450 g/mol. The summed E-state index contributed by atoms with van der Waals surface area (Å²) in [5, 5.41) is 0. The molecule has 2 aromatic rings. The molecule has 0 amide bonds. The van der Waals surface area contributed by atoms with Gasteiger partial charge in [-0.3, -0.25) is 0 Å². The molecule has 124 valence electrons. The minimum atomic E-state index is -2.53. The fourth-order valence-corrected chi connectivity index (χ4v) is 19.3. The Balaban J connectivity index is 0.00000104. The van der Waals surface area contributed by atoms with Crippen LogP contribution < -0.4 is 0 Å². The number of hydrogen-bond acceptors (Lipinski definition) is 0. The Morgan fingerprint density at radius 1 is 0.792 bits per heavy atom. The van der Waals surface area contributed by atoms with Crippen LogP contribution in [0, 0.1) is 0 Å². The number of hydrogen-bond donors (Lipinski definition) is 0. The van der Waals surface area contributed by atoms with Gasteiger partial charge >= 0.3 is 139 Å². The van der Waals surface area contributed by atoms with E-state index in [9.17, 15) is 0 Å². The second kappa shape index (κ2) is 7.70. The van der Waals surface area contributed by atoms with Gasteiger partial charge < -0.3 is 0 Å². The van der Waals surface area contributed by atoms with E-state index < -0.39 is 19.4 Å². The Bertz CT molecular complexity index is 751. The first-order valence-corrected chi connectivity index (χ1v) is 20.5. The average Bonchev–Trinajstić information content (AvgIpc) is 3.19. The van der Waals surface area contributed by atoms with Crippen LogP contribution in [0.4, 0.5) is 0 Å². The van der Waals surface area contributed by atoms with E-state index in [4.69, 9.17) is 0 Å². The molecule has 0 nitrogen and oxygen atoms in total. The second-order valence-corrected chi connectivity index (χ2v) is 27.5. The van der Waals surface area contributed by atoms with Crippen molar-refractivity contribution in [1.29, 1.82) is 0 Å². The van der Waals surface area contributed by atoms with Gasteiger partial charge in [0.1, 0.15) is 0 Å². The van der Waals surface area contributed by atoms with Crippen molar-refractivity contribution in [1.82, 2.24) is 0 Å². The summed E-state index contributed by atoms with van der Waals surface area (Å²) < 4.78 is 3.72. The van der Waals surface area contributed by atoms with Gasteiger partial charge in [-0.25, -0.2) is 0 Å².